The molecule has 0 radical (unpaired) electrons. The van der Waals surface area contributed by atoms with Crippen LogP contribution in [-0.2, 0) is 14.3 Å². The van der Waals surface area contributed by atoms with Gasteiger partial charge in [0.25, 0.3) is 0 Å². The second-order valence-corrected chi connectivity index (χ2v) is 17.7. The number of carbonyl (C=O) groups is 3. The third-order valence-electron chi connectivity index (χ3n) is 14.1. The van der Waals surface area contributed by atoms with E-state index in [4.69, 9.17) is 14.7 Å². The monoisotopic (exact) mass is 822 g/mol. The smallest absolute Gasteiger partial charge is 0.407 e. The van der Waals surface area contributed by atoms with E-state index in [1.807, 2.05) is 49.3 Å². The third kappa shape index (κ3) is 7.53. The average molecular weight is 823 g/mol. The lowest BCUT2D eigenvalue weighted by Crippen LogP contribution is -2.54. The lowest BCUT2D eigenvalue weighted by Gasteiger charge is -2.39. The van der Waals surface area contributed by atoms with Crippen molar-refractivity contribution in [3.8, 4) is 33.6 Å². The van der Waals surface area contributed by atoms with Crippen LogP contribution < -0.4 is 5.32 Å². The quantitative estimate of drug-likeness (QED) is 0.108. The first kappa shape index (κ1) is 40.6. The maximum Gasteiger partial charge on any atom is 0.407 e. The highest BCUT2D eigenvalue weighted by Gasteiger charge is 2.53. The number of benzene rings is 3. The molecule has 5 aromatic rings. The molecule has 3 aromatic carbocycles. The number of fused-ring (bicyclic) bond motifs is 4. The number of aromatic nitrogens is 4. The first-order valence-electron chi connectivity index (χ1n) is 22.3. The number of nitrogens with one attached hydrogen (secondary N) is 3. The van der Waals surface area contributed by atoms with Crippen molar-refractivity contribution in [3.05, 3.63) is 108 Å². The molecule has 4 bridgehead atoms. The number of hydrogen-bond donors (Lipinski definition) is 3. The van der Waals surface area contributed by atoms with E-state index in [2.05, 4.69) is 99.6 Å². The van der Waals surface area contributed by atoms with Crippen LogP contribution >= 0.6 is 0 Å². The Hall–Kier alpha value is -5.75. The Kier molecular flexibility index (Phi) is 11.3. The number of piperidine rings is 2. The Labute approximate surface area is 358 Å². The first-order valence-corrected chi connectivity index (χ1v) is 22.3. The van der Waals surface area contributed by atoms with Crippen LogP contribution in [0, 0.1) is 17.8 Å². The second-order valence-electron chi connectivity index (χ2n) is 17.7. The van der Waals surface area contributed by atoms with Crippen molar-refractivity contribution in [2.24, 2.45) is 17.8 Å². The molecule has 318 valence electrons. The fourth-order valence-corrected chi connectivity index (χ4v) is 11.0. The van der Waals surface area contributed by atoms with Crippen LogP contribution in [-0.4, -0.2) is 90.9 Å². The lowest BCUT2D eigenvalue weighted by atomic mass is 9.95. The molecule has 2 aliphatic heterocycles. The zero-order valence-electron chi connectivity index (χ0n) is 35.9. The summed E-state index contributed by atoms with van der Waals surface area (Å²) in [6.45, 7) is 9.74. The number of imidazole rings is 2. The van der Waals surface area contributed by atoms with Crippen molar-refractivity contribution in [2.75, 3.05) is 20.2 Å². The average Bonchev–Trinajstić information content (AvgIpc) is 4.17. The van der Waals surface area contributed by atoms with Gasteiger partial charge in [-0.05, 0) is 97.2 Å². The molecule has 61 heavy (non-hydrogen) atoms. The third-order valence-corrected chi connectivity index (χ3v) is 14.1. The molecule has 2 saturated heterocycles. The molecule has 2 aromatic heterocycles. The molecule has 12 nitrogen and oxygen atoms in total. The molecule has 0 unspecified atom stereocenters. The number of hydrogen-bond acceptors (Lipinski definition) is 7. The van der Waals surface area contributed by atoms with Crippen molar-refractivity contribution in [3.63, 3.8) is 0 Å². The minimum atomic E-state index is -0.673. The van der Waals surface area contributed by atoms with Gasteiger partial charge in [-0.25, -0.2) is 14.8 Å². The SMILES string of the molecule is CCN(CC)[C@@H](C(=O)N1[C@@H]2CC[C@H](C2)[C@H]1c1ncc(-c2ccc(-c3ccc(-c4cnc([C@@H]5[C@@H]6CC[C@H](C6)N5C(=O)[C@@H](NC(=O)OC)C(C)C)[nH]4)cc3)cc2)[nH]1)c1ccccc1. The number of ether oxygens (including phenoxy) is 1. The minimum absolute atomic E-state index is 0.0622. The Morgan fingerprint density at radius 2 is 1.18 bits per heavy atom. The number of alkyl carbamates (subject to hydrolysis) is 1. The number of nitrogens with zero attached hydrogens (tertiary/aromatic N) is 5. The molecule has 12 heteroatoms. The number of amides is 3. The van der Waals surface area contributed by atoms with Gasteiger partial charge in [0.1, 0.15) is 23.7 Å². The fourth-order valence-electron chi connectivity index (χ4n) is 11.0. The van der Waals surface area contributed by atoms with Crippen LogP contribution in [0.2, 0.25) is 0 Å². The maximum atomic E-state index is 14.6. The van der Waals surface area contributed by atoms with E-state index in [0.29, 0.717) is 11.8 Å². The topological polar surface area (TPSA) is 140 Å². The molecule has 3 amide bonds. The van der Waals surface area contributed by atoms with E-state index in [1.165, 1.54) is 7.11 Å². The van der Waals surface area contributed by atoms with Crippen molar-refractivity contribution < 1.29 is 19.1 Å². The second kappa shape index (κ2) is 17.0. The van der Waals surface area contributed by atoms with Gasteiger partial charge in [0.2, 0.25) is 11.8 Å². The number of carbonyl (C=O) groups excluding carboxylic acids is 3. The van der Waals surface area contributed by atoms with Gasteiger partial charge < -0.3 is 29.8 Å². The van der Waals surface area contributed by atoms with Crippen molar-refractivity contribution in [1.29, 1.82) is 0 Å². The molecule has 4 aliphatic rings. The van der Waals surface area contributed by atoms with Crippen molar-refractivity contribution in [1.82, 2.24) is 40.0 Å². The van der Waals surface area contributed by atoms with Gasteiger partial charge >= 0.3 is 6.09 Å². The largest absolute Gasteiger partial charge is 0.453 e. The Morgan fingerprint density at radius 3 is 1.64 bits per heavy atom. The van der Waals surface area contributed by atoms with E-state index in [0.717, 1.165) is 102 Å². The van der Waals surface area contributed by atoms with Gasteiger partial charge in [0, 0.05) is 12.1 Å². The highest BCUT2D eigenvalue weighted by atomic mass is 16.5. The summed E-state index contributed by atoms with van der Waals surface area (Å²) in [4.78, 5) is 64.1. The van der Waals surface area contributed by atoms with Gasteiger partial charge in [-0.3, -0.25) is 14.5 Å². The van der Waals surface area contributed by atoms with Gasteiger partial charge in [0.05, 0.1) is 43.0 Å². The van der Waals surface area contributed by atoms with Gasteiger partial charge in [-0.2, -0.15) is 0 Å². The van der Waals surface area contributed by atoms with E-state index < -0.39 is 12.1 Å². The molecule has 2 saturated carbocycles. The summed E-state index contributed by atoms with van der Waals surface area (Å²) >= 11 is 0. The van der Waals surface area contributed by atoms with Crippen LogP contribution in [0.3, 0.4) is 0 Å². The zero-order chi connectivity index (χ0) is 42.4. The Morgan fingerprint density at radius 1 is 0.705 bits per heavy atom. The highest BCUT2D eigenvalue weighted by molar-refractivity contribution is 5.87. The minimum Gasteiger partial charge on any atom is -0.453 e. The summed E-state index contributed by atoms with van der Waals surface area (Å²) in [5.41, 5.74) is 7.14. The van der Waals surface area contributed by atoms with Crippen LogP contribution in [0.1, 0.15) is 102 Å². The summed E-state index contributed by atoms with van der Waals surface area (Å²) in [6.07, 6.45) is 9.32. The van der Waals surface area contributed by atoms with Crippen LogP contribution in [0.25, 0.3) is 33.6 Å². The van der Waals surface area contributed by atoms with E-state index in [9.17, 15) is 14.4 Å². The number of likely N-dealkylation sites (tertiary alicyclic amines) is 2. The predicted molar refractivity (Wildman–Crippen MR) is 235 cm³/mol. The fraction of sp³-hybridized carbons (Fsp3) is 0.449. The molecule has 3 N–H and O–H groups in total. The van der Waals surface area contributed by atoms with E-state index >= 15 is 0 Å². The first-order chi connectivity index (χ1) is 29.7. The molecular weight excluding hydrogens is 765 g/mol. The van der Waals surface area contributed by atoms with Gasteiger partial charge in [-0.15, -0.1) is 0 Å². The number of likely N-dealkylation sites (N-methyl/N-ethyl adjacent to an activating group) is 1. The van der Waals surface area contributed by atoms with Gasteiger partial charge in [-0.1, -0.05) is 107 Å². The standard InChI is InChI=1S/C49H58N8O4/c1-6-55(7-2)44(34-11-9-8-10-12-34)48(59)57-38-24-22-36(26-38)43(57)46-51-28-40(53-46)33-19-15-31(16-20-33)30-13-17-32(18-14-30)39-27-50-45(52-39)42-35-21-23-37(25-35)56(42)47(58)41(29(3)4)54-49(60)61-5/h8-20,27-29,35-38,41-44H,6-7,21-26H2,1-5H3,(H,50,52)(H,51,53)(H,54,60)/t35-,36-,37-,38-,41+,42+,43+,44-/m1/s1. The predicted octanol–water partition coefficient (Wildman–Crippen LogP) is 8.70. The van der Waals surface area contributed by atoms with Crippen molar-refractivity contribution >= 4 is 17.9 Å². The number of methoxy groups -OCH3 is 1. The molecule has 9 rings (SSSR count). The molecule has 0 spiro atoms. The molecular formula is C49H58N8O4. The Bertz CT molecular complexity index is 2340. The van der Waals surface area contributed by atoms with Crippen molar-refractivity contribution in [2.45, 2.75) is 102 Å². The Balaban J connectivity index is 0.892. The maximum absolute atomic E-state index is 14.6. The summed E-state index contributed by atoms with van der Waals surface area (Å²) < 4.78 is 4.83. The van der Waals surface area contributed by atoms with Crippen LogP contribution in [0.4, 0.5) is 4.79 Å². The summed E-state index contributed by atoms with van der Waals surface area (Å²) in [7, 11) is 1.31. The molecule has 4 heterocycles. The van der Waals surface area contributed by atoms with E-state index in [1.54, 1.807) is 0 Å². The summed E-state index contributed by atoms with van der Waals surface area (Å²) in [5.74, 6) is 2.39. The van der Waals surface area contributed by atoms with Crippen LogP contribution in [0.15, 0.2) is 91.3 Å². The lowest BCUT2D eigenvalue weighted by molar-refractivity contribution is -0.142. The van der Waals surface area contributed by atoms with Gasteiger partial charge in [0.15, 0.2) is 0 Å². The zero-order valence-corrected chi connectivity index (χ0v) is 35.9. The summed E-state index contributed by atoms with van der Waals surface area (Å²) in [5, 5.41) is 2.77. The van der Waals surface area contributed by atoms with E-state index in [-0.39, 0.29) is 47.9 Å². The molecule has 2 aliphatic carbocycles. The van der Waals surface area contributed by atoms with Crippen LogP contribution in [0.5, 0.6) is 0 Å². The molecule has 4 fully saturated rings. The summed E-state index contributed by atoms with van der Waals surface area (Å²) in [6, 6.07) is 26.4. The highest BCUT2D eigenvalue weighted by Crippen LogP contribution is 2.52. The number of rotatable bonds is 13. The number of H-pyrrole nitrogens is 2. The number of aromatic amines is 2. The molecule has 8 atom stereocenters. The normalized spacial score (nSPS) is 23.9.